The summed E-state index contributed by atoms with van der Waals surface area (Å²) in [7, 11) is 1.44. The highest BCUT2D eigenvalue weighted by Crippen LogP contribution is 2.26. The van der Waals surface area contributed by atoms with Crippen LogP contribution in [0.5, 0.6) is 11.5 Å². The number of benzene rings is 1. The van der Waals surface area contributed by atoms with Crippen molar-refractivity contribution in [2.24, 2.45) is 0 Å². The molecule has 0 radical (unpaired) electrons. The molecule has 0 unspecified atom stereocenters. The number of phenolic OH excluding ortho intramolecular Hbond substituents is 1. The van der Waals surface area contributed by atoms with E-state index in [2.05, 4.69) is 0 Å². The molecule has 0 amide bonds. The Morgan fingerprint density at radius 2 is 2.08 bits per heavy atom. The van der Waals surface area contributed by atoms with E-state index in [0.717, 1.165) is 0 Å². The van der Waals surface area contributed by atoms with E-state index in [9.17, 15) is 5.11 Å². The van der Waals surface area contributed by atoms with Gasteiger partial charge in [0.05, 0.1) is 7.11 Å². The highest BCUT2D eigenvalue weighted by Gasteiger charge is 2.05. The Bertz CT molecular complexity index is 283. The van der Waals surface area contributed by atoms with Crippen LogP contribution in [0.4, 0.5) is 0 Å². The first kappa shape index (κ1) is 9.83. The van der Waals surface area contributed by atoms with Gasteiger partial charge in [0, 0.05) is 6.42 Å². The molecule has 0 atom stereocenters. The summed E-state index contributed by atoms with van der Waals surface area (Å²) in [6.45, 7) is 0. The number of ether oxygens (including phenoxy) is 1. The van der Waals surface area contributed by atoms with Gasteiger partial charge in [-0.25, -0.2) is 0 Å². The fourth-order valence-electron chi connectivity index (χ4n) is 1.06. The Morgan fingerprint density at radius 1 is 1.38 bits per heavy atom. The first-order chi connectivity index (χ1) is 6.13. The highest BCUT2D eigenvalue weighted by atomic mass is 16.5. The molecule has 0 spiro atoms. The van der Waals surface area contributed by atoms with Crippen molar-refractivity contribution in [1.82, 2.24) is 0 Å². The van der Waals surface area contributed by atoms with Crippen LogP contribution >= 0.6 is 0 Å². The van der Waals surface area contributed by atoms with Crippen molar-refractivity contribution in [3.05, 3.63) is 23.8 Å². The van der Waals surface area contributed by atoms with Crippen LogP contribution in [0, 0.1) is 0 Å². The van der Waals surface area contributed by atoms with Crippen LogP contribution in [-0.2, 0) is 6.42 Å². The van der Waals surface area contributed by atoms with Gasteiger partial charge in [0.25, 0.3) is 0 Å². The minimum absolute atomic E-state index is 0.0404. The lowest BCUT2D eigenvalue weighted by Gasteiger charge is -2.07. The van der Waals surface area contributed by atoms with E-state index in [0.29, 0.717) is 11.3 Å². The van der Waals surface area contributed by atoms with Crippen molar-refractivity contribution in [3.8, 4) is 11.5 Å². The summed E-state index contributed by atoms with van der Waals surface area (Å²) in [5.41, 5.74) is 0.699. The lowest BCUT2D eigenvalue weighted by Crippen LogP contribution is -2.08. The van der Waals surface area contributed by atoms with Crippen molar-refractivity contribution in [2.75, 3.05) is 7.11 Å². The van der Waals surface area contributed by atoms with Gasteiger partial charge in [0.1, 0.15) is 0 Å². The van der Waals surface area contributed by atoms with Gasteiger partial charge in [-0.05, 0) is 17.7 Å². The summed E-state index contributed by atoms with van der Waals surface area (Å²) in [5.74, 6) is 0.372. The Labute approximate surface area is 76.0 Å². The number of methoxy groups -OCH3 is 1. The summed E-state index contributed by atoms with van der Waals surface area (Å²) in [6, 6.07) is 4.63. The van der Waals surface area contributed by atoms with Crippen LogP contribution in [0.1, 0.15) is 5.56 Å². The van der Waals surface area contributed by atoms with E-state index >= 15 is 0 Å². The Hall–Kier alpha value is -1.26. The molecule has 0 saturated carbocycles. The van der Waals surface area contributed by atoms with Gasteiger partial charge in [0.2, 0.25) is 0 Å². The van der Waals surface area contributed by atoms with Crippen molar-refractivity contribution in [3.63, 3.8) is 0 Å². The zero-order valence-corrected chi connectivity index (χ0v) is 7.27. The first-order valence-electron chi connectivity index (χ1n) is 3.85. The van der Waals surface area contributed by atoms with Crippen molar-refractivity contribution < 1.29 is 20.1 Å². The molecule has 3 N–H and O–H groups in total. The van der Waals surface area contributed by atoms with E-state index < -0.39 is 6.29 Å². The Kier molecular flexibility index (Phi) is 3.11. The maximum atomic E-state index is 9.22. The first-order valence-corrected chi connectivity index (χ1v) is 3.85. The molecule has 1 aromatic carbocycles. The number of hydrogen-bond donors (Lipinski definition) is 3. The minimum Gasteiger partial charge on any atom is -0.504 e. The van der Waals surface area contributed by atoms with Crippen LogP contribution in [-0.4, -0.2) is 28.7 Å². The second kappa shape index (κ2) is 4.11. The molecule has 4 nitrogen and oxygen atoms in total. The molecule has 0 heterocycles. The third-order valence-corrected chi connectivity index (χ3v) is 1.66. The predicted molar refractivity (Wildman–Crippen MR) is 46.6 cm³/mol. The monoisotopic (exact) mass is 184 g/mol. The zero-order valence-electron chi connectivity index (χ0n) is 7.27. The molecule has 4 heteroatoms. The molecule has 0 aliphatic carbocycles. The molecule has 0 bridgehead atoms. The Balaban J connectivity index is 2.86. The summed E-state index contributed by atoms with van der Waals surface area (Å²) in [4.78, 5) is 0. The topological polar surface area (TPSA) is 69.9 Å². The lowest BCUT2D eigenvalue weighted by molar-refractivity contribution is -0.0381. The smallest absolute Gasteiger partial charge is 0.160 e. The highest BCUT2D eigenvalue weighted by molar-refractivity contribution is 5.41. The average Bonchev–Trinajstić information content (AvgIpc) is 2.07. The second-order valence-electron chi connectivity index (χ2n) is 2.69. The molecular weight excluding hydrogens is 172 g/mol. The number of phenols is 1. The molecule has 0 saturated heterocycles. The van der Waals surface area contributed by atoms with Crippen molar-refractivity contribution >= 4 is 0 Å². The van der Waals surface area contributed by atoms with Gasteiger partial charge in [0.15, 0.2) is 17.8 Å². The van der Waals surface area contributed by atoms with Crippen LogP contribution in [0.2, 0.25) is 0 Å². The summed E-state index contributed by atoms with van der Waals surface area (Å²) < 4.78 is 4.85. The van der Waals surface area contributed by atoms with E-state index in [1.165, 1.54) is 13.2 Å². The van der Waals surface area contributed by atoms with Gasteiger partial charge in [-0.1, -0.05) is 6.07 Å². The van der Waals surface area contributed by atoms with Crippen LogP contribution in [0.3, 0.4) is 0 Å². The third kappa shape index (κ3) is 2.61. The fourth-order valence-corrected chi connectivity index (χ4v) is 1.06. The SMILES string of the molecule is COc1cc(CC(O)O)ccc1O. The number of hydrogen-bond acceptors (Lipinski definition) is 4. The van der Waals surface area contributed by atoms with E-state index in [4.69, 9.17) is 14.9 Å². The largest absolute Gasteiger partial charge is 0.504 e. The van der Waals surface area contributed by atoms with Gasteiger partial charge < -0.3 is 20.1 Å². The van der Waals surface area contributed by atoms with Gasteiger partial charge in [-0.3, -0.25) is 0 Å². The standard InChI is InChI=1S/C9H12O4/c1-13-8-4-6(5-9(11)12)2-3-7(8)10/h2-4,9-12H,5H2,1H3. The molecule has 13 heavy (non-hydrogen) atoms. The maximum absolute atomic E-state index is 9.22. The minimum atomic E-state index is -1.38. The summed E-state index contributed by atoms with van der Waals surface area (Å²) in [6.07, 6.45) is -1.26. The van der Waals surface area contributed by atoms with Crippen LogP contribution < -0.4 is 4.74 Å². The fraction of sp³-hybridized carbons (Fsp3) is 0.333. The molecule has 1 rings (SSSR count). The van der Waals surface area contributed by atoms with Crippen molar-refractivity contribution in [1.29, 1.82) is 0 Å². The molecular formula is C9H12O4. The van der Waals surface area contributed by atoms with Gasteiger partial charge in [-0.15, -0.1) is 0 Å². The molecule has 0 aromatic heterocycles. The van der Waals surface area contributed by atoms with E-state index in [1.807, 2.05) is 0 Å². The molecule has 1 aromatic rings. The van der Waals surface area contributed by atoms with E-state index in [-0.39, 0.29) is 12.2 Å². The number of rotatable bonds is 3. The normalized spacial score (nSPS) is 10.5. The number of aliphatic hydroxyl groups excluding tert-OH is 1. The summed E-state index contributed by atoms with van der Waals surface area (Å²) >= 11 is 0. The quantitative estimate of drug-likeness (QED) is 0.589. The van der Waals surface area contributed by atoms with Crippen LogP contribution in [0.15, 0.2) is 18.2 Å². The Morgan fingerprint density at radius 3 is 2.62 bits per heavy atom. The maximum Gasteiger partial charge on any atom is 0.160 e. The molecule has 0 aliphatic rings. The zero-order chi connectivity index (χ0) is 9.84. The average molecular weight is 184 g/mol. The molecule has 0 aliphatic heterocycles. The molecule has 0 fully saturated rings. The lowest BCUT2D eigenvalue weighted by atomic mass is 10.1. The van der Waals surface area contributed by atoms with Crippen LogP contribution in [0.25, 0.3) is 0 Å². The van der Waals surface area contributed by atoms with Gasteiger partial charge >= 0.3 is 0 Å². The second-order valence-corrected chi connectivity index (χ2v) is 2.69. The van der Waals surface area contributed by atoms with E-state index in [1.54, 1.807) is 12.1 Å². The number of aromatic hydroxyl groups is 1. The molecule has 72 valence electrons. The third-order valence-electron chi connectivity index (χ3n) is 1.66. The van der Waals surface area contributed by atoms with Crippen molar-refractivity contribution in [2.45, 2.75) is 12.7 Å². The van der Waals surface area contributed by atoms with Gasteiger partial charge in [-0.2, -0.15) is 0 Å². The number of aliphatic hydroxyl groups is 2. The summed E-state index contributed by atoms with van der Waals surface area (Å²) in [5, 5.41) is 26.6. The predicted octanol–water partition coefficient (Wildman–Crippen LogP) is 0.254.